The Morgan fingerprint density at radius 1 is 1.47 bits per heavy atom. The molecule has 1 aromatic carbocycles. The van der Waals surface area contributed by atoms with Crippen molar-refractivity contribution in [3.63, 3.8) is 0 Å². The van der Waals surface area contributed by atoms with E-state index in [0.29, 0.717) is 0 Å². The zero-order chi connectivity index (χ0) is 14.2. The SMILES string of the molecule is CC(N)(C(=O)Nc1ccc(F)cc1C(=O)O)C1CC1. The first-order valence-corrected chi connectivity index (χ1v) is 5.95. The van der Waals surface area contributed by atoms with Crippen molar-refractivity contribution in [3.8, 4) is 0 Å². The Kier molecular flexibility index (Phi) is 3.28. The van der Waals surface area contributed by atoms with Crippen molar-refractivity contribution in [2.45, 2.75) is 25.3 Å². The fourth-order valence-electron chi connectivity index (χ4n) is 1.93. The molecule has 1 aromatic rings. The van der Waals surface area contributed by atoms with Crippen LogP contribution in [0.5, 0.6) is 0 Å². The number of carbonyl (C=O) groups is 2. The molecule has 0 aromatic heterocycles. The number of amides is 1. The standard InChI is InChI=1S/C13H15FN2O3/c1-13(15,7-2-3-7)12(19)16-10-5-4-8(14)6-9(10)11(17)18/h4-7H,2-3,15H2,1H3,(H,16,19)(H,17,18). The summed E-state index contributed by atoms with van der Waals surface area (Å²) in [6.45, 7) is 1.62. The Hall–Kier alpha value is -1.95. The molecule has 0 saturated heterocycles. The molecular formula is C13H15FN2O3. The third kappa shape index (κ3) is 2.73. The van der Waals surface area contributed by atoms with Gasteiger partial charge in [-0.05, 0) is 43.9 Å². The van der Waals surface area contributed by atoms with Gasteiger partial charge in [0.15, 0.2) is 0 Å². The van der Waals surface area contributed by atoms with Gasteiger partial charge >= 0.3 is 5.97 Å². The lowest BCUT2D eigenvalue weighted by atomic mass is 9.96. The van der Waals surface area contributed by atoms with Gasteiger partial charge in [-0.3, -0.25) is 4.79 Å². The third-order valence-electron chi connectivity index (χ3n) is 3.37. The number of carboxylic acid groups (broad SMARTS) is 1. The molecule has 102 valence electrons. The monoisotopic (exact) mass is 266 g/mol. The molecule has 1 amide bonds. The number of benzene rings is 1. The first-order valence-electron chi connectivity index (χ1n) is 5.95. The number of aromatic carboxylic acids is 1. The van der Waals surface area contributed by atoms with Gasteiger partial charge in [-0.25, -0.2) is 9.18 Å². The molecule has 19 heavy (non-hydrogen) atoms. The summed E-state index contributed by atoms with van der Waals surface area (Å²) in [5.74, 6) is -2.32. The van der Waals surface area contributed by atoms with E-state index in [9.17, 15) is 14.0 Å². The second kappa shape index (κ2) is 4.62. The largest absolute Gasteiger partial charge is 0.478 e. The Balaban J connectivity index is 2.23. The molecule has 0 heterocycles. The second-order valence-electron chi connectivity index (χ2n) is 5.01. The Morgan fingerprint density at radius 3 is 2.63 bits per heavy atom. The number of nitrogens with one attached hydrogen (secondary N) is 1. The molecule has 0 spiro atoms. The van der Waals surface area contributed by atoms with E-state index in [1.807, 2.05) is 0 Å². The van der Waals surface area contributed by atoms with Crippen LogP contribution in [0.4, 0.5) is 10.1 Å². The van der Waals surface area contributed by atoms with Crippen LogP contribution in [0.3, 0.4) is 0 Å². The fourth-order valence-corrected chi connectivity index (χ4v) is 1.93. The maximum Gasteiger partial charge on any atom is 0.337 e. The number of nitrogens with two attached hydrogens (primary N) is 1. The topological polar surface area (TPSA) is 92.4 Å². The molecular weight excluding hydrogens is 251 g/mol. The molecule has 5 nitrogen and oxygen atoms in total. The molecule has 0 aliphatic heterocycles. The Labute approximate surface area is 109 Å². The molecule has 0 radical (unpaired) electrons. The number of anilines is 1. The fraction of sp³-hybridized carbons (Fsp3) is 0.385. The van der Waals surface area contributed by atoms with Crippen LogP contribution in [0.15, 0.2) is 18.2 Å². The highest BCUT2D eigenvalue weighted by molar-refractivity contribution is 6.03. The number of rotatable bonds is 4. The van der Waals surface area contributed by atoms with Crippen molar-refractivity contribution in [3.05, 3.63) is 29.6 Å². The normalized spacial score (nSPS) is 17.6. The van der Waals surface area contributed by atoms with Crippen LogP contribution in [-0.2, 0) is 4.79 Å². The minimum absolute atomic E-state index is 0.0521. The van der Waals surface area contributed by atoms with E-state index >= 15 is 0 Å². The highest BCUT2D eigenvalue weighted by Crippen LogP contribution is 2.38. The number of hydrogen-bond donors (Lipinski definition) is 3. The zero-order valence-corrected chi connectivity index (χ0v) is 10.4. The Morgan fingerprint density at radius 2 is 2.11 bits per heavy atom. The zero-order valence-electron chi connectivity index (χ0n) is 10.4. The molecule has 1 unspecified atom stereocenters. The van der Waals surface area contributed by atoms with Gasteiger partial charge in [0.05, 0.1) is 16.8 Å². The minimum Gasteiger partial charge on any atom is -0.478 e. The van der Waals surface area contributed by atoms with E-state index in [2.05, 4.69) is 5.32 Å². The maximum absolute atomic E-state index is 13.0. The van der Waals surface area contributed by atoms with Crippen LogP contribution in [-0.4, -0.2) is 22.5 Å². The minimum atomic E-state index is -1.31. The number of halogens is 1. The quantitative estimate of drug-likeness (QED) is 0.771. The lowest BCUT2D eigenvalue weighted by Crippen LogP contribution is -2.50. The first-order chi connectivity index (χ1) is 8.82. The van der Waals surface area contributed by atoms with Gasteiger partial charge in [-0.2, -0.15) is 0 Å². The van der Waals surface area contributed by atoms with Crippen LogP contribution in [0.25, 0.3) is 0 Å². The third-order valence-corrected chi connectivity index (χ3v) is 3.37. The molecule has 1 fully saturated rings. The van der Waals surface area contributed by atoms with Gasteiger partial charge < -0.3 is 16.2 Å². The lowest BCUT2D eigenvalue weighted by Gasteiger charge is -2.23. The molecule has 0 bridgehead atoms. The maximum atomic E-state index is 13.0. The average molecular weight is 266 g/mol. The van der Waals surface area contributed by atoms with E-state index in [1.165, 1.54) is 6.07 Å². The van der Waals surface area contributed by atoms with E-state index in [4.69, 9.17) is 10.8 Å². The lowest BCUT2D eigenvalue weighted by molar-refractivity contribution is -0.121. The number of carboxylic acids is 1. The number of carbonyl (C=O) groups excluding carboxylic acids is 1. The van der Waals surface area contributed by atoms with Crippen LogP contribution in [0, 0.1) is 11.7 Å². The van der Waals surface area contributed by atoms with Crippen molar-refractivity contribution < 1.29 is 19.1 Å². The van der Waals surface area contributed by atoms with E-state index < -0.39 is 23.2 Å². The smallest absolute Gasteiger partial charge is 0.337 e. The van der Waals surface area contributed by atoms with E-state index in [1.54, 1.807) is 6.92 Å². The van der Waals surface area contributed by atoms with Gasteiger partial charge in [0.2, 0.25) is 5.91 Å². The van der Waals surface area contributed by atoms with Gasteiger partial charge in [0.1, 0.15) is 5.82 Å². The van der Waals surface area contributed by atoms with Crippen molar-refractivity contribution in [2.75, 3.05) is 5.32 Å². The predicted octanol–water partition coefficient (Wildman–Crippen LogP) is 1.59. The molecule has 1 aliphatic carbocycles. The highest BCUT2D eigenvalue weighted by atomic mass is 19.1. The van der Waals surface area contributed by atoms with Gasteiger partial charge in [0, 0.05) is 0 Å². The van der Waals surface area contributed by atoms with E-state index in [0.717, 1.165) is 25.0 Å². The molecule has 1 atom stereocenters. The molecule has 6 heteroatoms. The van der Waals surface area contributed by atoms with Crippen molar-refractivity contribution in [1.29, 1.82) is 0 Å². The summed E-state index contributed by atoms with van der Waals surface area (Å²) in [4.78, 5) is 23.1. The average Bonchev–Trinajstić information content (AvgIpc) is 3.15. The van der Waals surface area contributed by atoms with Gasteiger partial charge in [0.25, 0.3) is 0 Å². The summed E-state index contributed by atoms with van der Waals surface area (Å²) >= 11 is 0. The highest BCUT2D eigenvalue weighted by Gasteiger charge is 2.44. The summed E-state index contributed by atoms with van der Waals surface area (Å²) in [5, 5.41) is 11.4. The number of hydrogen-bond acceptors (Lipinski definition) is 3. The van der Waals surface area contributed by atoms with Crippen molar-refractivity contribution in [2.24, 2.45) is 11.7 Å². The van der Waals surface area contributed by atoms with Gasteiger partial charge in [-0.1, -0.05) is 0 Å². The molecule has 2 rings (SSSR count). The summed E-state index contributed by atoms with van der Waals surface area (Å²) in [7, 11) is 0. The Bertz CT molecular complexity index is 539. The summed E-state index contributed by atoms with van der Waals surface area (Å²) < 4.78 is 13.0. The molecule has 1 saturated carbocycles. The van der Waals surface area contributed by atoms with E-state index in [-0.39, 0.29) is 17.2 Å². The predicted molar refractivity (Wildman–Crippen MR) is 67.3 cm³/mol. The van der Waals surface area contributed by atoms with Crippen LogP contribution in [0.2, 0.25) is 0 Å². The van der Waals surface area contributed by atoms with Crippen LogP contribution >= 0.6 is 0 Å². The first kappa shape index (κ1) is 13.5. The van der Waals surface area contributed by atoms with Crippen LogP contribution < -0.4 is 11.1 Å². The van der Waals surface area contributed by atoms with Gasteiger partial charge in [-0.15, -0.1) is 0 Å². The van der Waals surface area contributed by atoms with Crippen LogP contribution in [0.1, 0.15) is 30.1 Å². The molecule has 1 aliphatic rings. The summed E-state index contributed by atoms with van der Waals surface area (Å²) in [6.07, 6.45) is 1.77. The summed E-state index contributed by atoms with van der Waals surface area (Å²) in [6, 6.07) is 3.18. The second-order valence-corrected chi connectivity index (χ2v) is 5.01. The van der Waals surface area contributed by atoms with Crippen molar-refractivity contribution >= 4 is 17.6 Å². The molecule has 4 N–H and O–H groups in total. The van der Waals surface area contributed by atoms with Crippen molar-refractivity contribution in [1.82, 2.24) is 0 Å². The summed E-state index contributed by atoms with van der Waals surface area (Å²) in [5.41, 5.74) is 4.66.